The van der Waals surface area contributed by atoms with Crippen molar-refractivity contribution in [2.24, 2.45) is 0 Å². The van der Waals surface area contributed by atoms with E-state index in [0.29, 0.717) is 29.3 Å². The fraction of sp³-hybridized carbons (Fsp3) is 0.261. The van der Waals surface area contributed by atoms with Gasteiger partial charge in [0.25, 0.3) is 0 Å². The molecule has 0 radical (unpaired) electrons. The topological polar surface area (TPSA) is 89.0 Å². The number of rotatable bonds is 6. The third kappa shape index (κ3) is 4.87. The second kappa shape index (κ2) is 9.58. The number of halogens is 1. The van der Waals surface area contributed by atoms with Gasteiger partial charge in [0, 0.05) is 28.2 Å². The largest absolute Gasteiger partial charge is 0.482 e. The van der Waals surface area contributed by atoms with Crippen molar-refractivity contribution in [3.05, 3.63) is 80.3 Å². The number of hydrogen-bond donors (Lipinski definition) is 1. The number of aromatic nitrogens is 1. The molecule has 1 atom stereocenters. The molecule has 3 aromatic rings. The van der Waals surface area contributed by atoms with Gasteiger partial charge in [0.1, 0.15) is 17.4 Å². The van der Waals surface area contributed by atoms with Gasteiger partial charge in [-0.2, -0.15) is 0 Å². The predicted molar refractivity (Wildman–Crippen MR) is 120 cm³/mol. The zero-order chi connectivity index (χ0) is 22.7. The summed E-state index contributed by atoms with van der Waals surface area (Å²) >= 11 is 7.76. The van der Waals surface area contributed by atoms with Gasteiger partial charge in [0.15, 0.2) is 6.61 Å². The second-order valence-corrected chi connectivity index (χ2v) is 9.08. The first-order chi connectivity index (χ1) is 15.4. The van der Waals surface area contributed by atoms with Crippen molar-refractivity contribution in [2.75, 3.05) is 13.2 Å². The number of thiazole rings is 1. The van der Waals surface area contributed by atoms with Gasteiger partial charge in [-0.15, -0.1) is 11.3 Å². The maximum atomic E-state index is 13.1. The maximum absolute atomic E-state index is 13.1. The van der Waals surface area contributed by atoms with Crippen molar-refractivity contribution < 1.29 is 24.2 Å². The van der Waals surface area contributed by atoms with Crippen LogP contribution in [-0.2, 0) is 22.6 Å². The van der Waals surface area contributed by atoms with Crippen LogP contribution in [0, 0.1) is 6.92 Å². The number of fused-ring (bicyclic) bond motifs is 1. The van der Waals surface area contributed by atoms with Crippen molar-refractivity contribution in [3.8, 4) is 5.75 Å². The van der Waals surface area contributed by atoms with E-state index in [1.54, 1.807) is 29.3 Å². The zero-order valence-electron chi connectivity index (χ0n) is 17.3. The van der Waals surface area contributed by atoms with Crippen LogP contribution in [0.1, 0.15) is 32.6 Å². The summed E-state index contributed by atoms with van der Waals surface area (Å²) in [5, 5.41) is 10.2. The van der Waals surface area contributed by atoms with Gasteiger partial charge >= 0.3 is 12.1 Å². The average Bonchev–Trinajstić information content (AvgIpc) is 3.20. The first kappa shape index (κ1) is 22.1. The molecule has 7 nitrogen and oxygen atoms in total. The molecule has 0 fully saturated rings. The molecule has 0 saturated carbocycles. The smallest absolute Gasteiger partial charge is 0.410 e. The number of aliphatic carboxylic acids is 1. The molecule has 166 valence electrons. The molecule has 0 aliphatic carbocycles. The van der Waals surface area contributed by atoms with Gasteiger partial charge in [0.2, 0.25) is 0 Å². The van der Waals surface area contributed by atoms with Gasteiger partial charge in [0.05, 0.1) is 6.04 Å². The minimum Gasteiger partial charge on any atom is -0.482 e. The van der Waals surface area contributed by atoms with Crippen molar-refractivity contribution >= 4 is 35.0 Å². The van der Waals surface area contributed by atoms with Crippen LogP contribution in [-0.4, -0.2) is 40.2 Å². The number of carbonyl (C=O) groups excluding carboxylic acids is 1. The van der Waals surface area contributed by atoms with E-state index in [2.05, 4.69) is 4.98 Å². The molecule has 0 unspecified atom stereocenters. The molecule has 0 saturated heterocycles. The van der Waals surface area contributed by atoms with E-state index < -0.39 is 24.7 Å². The molecule has 0 spiro atoms. The lowest BCUT2D eigenvalue weighted by Crippen LogP contribution is -2.41. The van der Waals surface area contributed by atoms with E-state index in [1.807, 2.05) is 31.2 Å². The van der Waals surface area contributed by atoms with Crippen LogP contribution in [0.15, 0.2) is 48.7 Å². The van der Waals surface area contributed by atoms with E-state index in [-0.39, 0.29) is 6.61 Å². The third-order valence-electron chi connectivity index (χ3n) is 5.12. The number of carboxylic acid groups (broad SMARTS) is 1. The van der Waals surface area contributed by atoms with Gasteiger partial charge in [-0.05, 0) is 42.7 Å². The van der Waals surface area contributed by atoms with Crippen LogP contribution in [0.4, 0.5) is 4.79 Å². The lowest BCUT2D eigenvalue weighted by molar-refractivity contribution is -0.139. The summed E-state index contributed by atoms with van der Waals surface area (Å²) in [5.74, 6) is -0.739. The number of benzene rings is 2. The number of nitrogens with zero attached hydrogens (tertiary/aromatic N) is 2. The average molecular weight is 473 g/mol. The number of ether oxygens (including phenoxy) is 2. The van der Waals surface area contributed by atoms with Crippen molar-refractivity contribution in [3.63, 3.8) is 0 Å². The van der Waals surface area contributed by atoms with Gasteiger partial charge in [-0.1, -0.05) is 35.9 Å². The Bertz CT molecular complexity index is 1150. The first-order valence-electron chi connectivity index (χ1n) is 9.99. The third-order valence-corrected chi connectivity index (χ3v) is 6.25. The molecule has 9 heteroatoms. The Kier molecular flexibility index (Phi) is 6.62. The Morgan fingerprint density at radius 1 is 1.25 bits per heavy atom. The Morgan fingerprint density at radius 3 is 2.81 bits per heavy atom. The molecule has 0 bridgehead atoms. The number of aryl methyl sites for hydroxylation is 1. The molecule has 1 N–H and O–H groups in total. The summed E-state index contributed by atoms with van der Waals surface area (Å²) < 4.78 is 11.1. The SMILES string of the molecule is Cc1cnc(COC(=O)N2CCc3ccccc3[C@H]2c2cc(Cl)ccc2OCC(=O)O)s1. The molecule has 2 heterocycles. The standard InChI is InChI=1S/C23H21ClN2O5S/c1-14-11-25-20(32-14)12-31-23(29)26-9-8-15-4-2-3-5-17(15)22(26)18-10-16(24)6-7-19(18)30-13-21(27)28/h2-7,10-11,22H,8-9,12-13H2,1H3,(H,27,28)/t22-/m0/s1. The highest BCUT2D eigenvalue weighted by Gasteiger charge is 2.35. The Labute approximate surface area is 194 Å². The summed E-state index contributed by atoms with van der Waals surface area (Å²) in [4.78, 5) is 31.1. The molecule has 4 rings (SSSR count). The minimum absolute atomic E-state index is 0.0835. The second-order valence-electron chi connectivity index (χ2n) is 7.33. The van der Waals surface area contributed by atoms with E-state index in [4.69, 9.17) is 26.2 Å². The summed E-state index contributed by atoms with van der Waals surface area (Å²) in [5.41, 5.74) is 2.62. The molecule has 32 heavy (non-hydrogen) atoms. The van der Waals surface area contributed by atoms with Gasteiger partial charge in [-0.3, -0.25) is 4.90 Å². The molecular weight excluding hydrogens is 452 g/mol. The van der Waals surface area contributed by atoms with E-state index in [9.17, 15) is 9.59 Å². The van der Waals surface area contributed by atoms with Gasteiger partial charge < -0.3 is 14.6 Å². The maximum Gasteiger partial charge on any atom is 0.410 e. The van der Waals surface area contributed by atoms with Crippen LogP contribution in [0.2, 0.25) is 5.02 Å². The molecule has 1 aliphatic heterocycles. The van der Waals surface area contributed by atoms with E-state index in [1.165, 1.54) is 11.3 Å². The van der Waals surface area contributed by atoms with Gasteiger partial charge in [-0.25, -0.2) is 14.6 Å². The minimum atomic E-state index is -1.09. The number of carbonyl (C=O) groups is 2. The molecule has 1 aromatic heterocycles. The quantitative estimate of drug-likeness (QED) is 0.551. The van der Waals surface area contributed by atoms with Crippen LogP contribution in [0.3, 0.4) is 0 Å². The molecule has 2 aromatic carbocycles. The lowest BCUT2D eigenvalue weighted by atomic mass is 9.88. The number of carboxylic acids is 1. The van der Waals surface area contributed by atoms with Crippen LogP contribution in [0.5, 0.6) is 5.75 Å². The highest BCUT2D eigenvalue weighted by molar-refractivity contribution is 7.11. The van der Waals surface area contributed by atoms with Crippen LogP contribution >= 0.6 is 22.9 Å². The van der Waals surface area contributed by atoms with E-state index >= 15 is 0 Å². The highest BCUT2D eigenvalue weighted by atomic mass is 35.5. The number of hydrogen-bond acceptors (Lipinski definition) is 6. The highest BCUT2D eigenvalue weighted by Crippen LogP contribution is 2.40. The molecule has 1 amide bonds. The number of amides is 1. The van der Waals surface area contributed by atoms with Crippen molar-refractivity contribution in [2.45, 2.75) is 26.0 Å². The summed E-state index contributed by atoms with van der Waals surface area (Å²) in [6.45, 7) is 1.96. The molecular formula is C23H21ClN2O5S. The fourth-order valence-electron chi connectivity index (χ4n) is 3.78. The normalized spacial score (nSPS) is 15.2. The zero-order valence-corrected chi connectivity index (χ0v) is 18.9. The summed E-state index contributed by atoms with van der Waals surface area (Å²) in [6, 6.07) is 12.3. The van der Waals surface area contributed by atoms with Crippen molar-refractivity contribution in [1.82, 2.24) is 9.88 Å². The first-order valence-corrected chi connectivity index (χ1v) is 11.2. The predicted octanol–water partition coefficient (Wildman–Crippen LogP) is 4.85. The Morgan fingerprint density at radius 2 is 2.06 bits per heavy atom. The van der Waals surface area contributed by atoms with Crippen LogP contribution < -0.4 is 4.74 Å². The monoisotopic (exact) mass is 472 g/mol. The lowest BCUT2D eigenvalue weighted by Gasteiger charge is -2.37. The van der Waals surface area contributed by atoms with E-state index in [0.717, 1.165) is 21.0 Å². The summed E-state index contributed by atoms with van der Waals surface area (Å²) in [7, 11) is 0. The van der Waals surface area contributed by atoms with Crippen LogP contribution in [0.25, 0.3) is 0 Å². The summed E-state index contributed by atoms with van der Waals surface area (Å²) in [6.07, 6.45) is 1.93. The molecule has 1 aliphatic rings. The Balaban J connectivity index is 1.69. The fourth-order valence-corrected chi connectivity index (χ4v) is 4.66. The Hall–Kier alpha value is -3.10. The van der Waals surface area contributed by atoms with Crippen molar-refractivity contribution in [1.29, 1.82) is 0 Å².